The minimum atomic E-state index is -0.442. The summed E-state index contributed by atoms with van der Waals surface area (Å²) in [6.45, 7) is 3.58. The second kappa shape index (κ2) is 1.85. The molecule has 2 heterocycles. The number of hydrogen-bond donors (Lipinski definition) is 1. The summed E-state index contributed by atoms with van der Waals surface area (Å²) in [5.41, 5.74) is -0.442. The van der Waals surface area contributed by atoms with Crippen LogP contribution in [0.1, 0.15) is 0 Å². The fourth-order valence-corrected chi connectivity index (χ4v) is 0.867. The number of rotatable bonds is 0. The molecule has 0 radical (unpaired) electrons. The van der Waals surface area contributed by atoms with Crippen LogP contribution < -0.4 is 16.4 Å². The van der Waals surface area contributed by atoms with E-state index in [4.69, 9.17) is 0 Å². The van der Waals surface area contributed by atoms with Gasteiger partial charge in [0.15, 0.2) is 5.82 Å². The van der Waals surface area contributed by atoms with E-state index in [1.807, 2.05) is 0 Å². The first kappa shape index (κ1) is 5.96. The van der Waals surface area contributed by atoms with E-state index < -0.39 is 5.69 Å². The smallest absolute Gasteiger partial charge is 0.304 e. The summed E-state index contributed by atoms with van der Waals surface area (Å²) in [4.78, 5) is 24.3. The Bertz CT molecular complexity index is 484. The first-order valence-corrected chi connectivity index (χ1v) is 2.97. The lowest BCUT2D eigenvalue weighted by atomic mass is 10.5. The molecule has 1 N–H and O–H groups in total. The summed E-state index contributed by atoms with van der Waals surface area (Å²) in [5.74, 6) is 0.346. The van der Waals surface area contributed by atoms with E-state index in [1.54, 1.807) is 0 Å². The molecule has 5 heteroatoms. The molecule has 5 nitrogen and oxygen atoms in total. The second-order valence-corrected chi connectivity index (χ2v) is 2.07. The third-order valence-corrected chi connectivity index (χ3v) is 1.33. The zero-order valence-electron chi connectivity index (χ0n) is 5.53. The van der Waals surface area contributed by atoms with Crippen molar-refractivity contribution in [3.05, 3.63) is 21.2 Å². The molecule has 0 aliphatic carbocycles. The average Bonchev–Trinajstić information content (AvgIpc) is 2.34. The highest BCUT2D eigenvalue weighted by molar-refractivity contribution is 5.64. The average molecular weight is 148 g/mol. The quantitative estimate of drug-likeness (QED) is 0.485. The van der Waals surface area contributed by atoms with Crippen molar-refractivity contribution >= 4 is 18.7 Å². The molecule has 0 saturated carbocycles. The molecular weight excluding hydrogens is 144 g/mol. The van der Waals surface area contributed by atoms with Gasteiger partial charge in [-0.15, -0.1) is 0 Å². The van der Waals surface area contributed by atoms with Crippen molar-refractivity contribution in [2.45, 2.75) is 0 Å². The summed E-state index contributed by atoms with van der Waals surface area (Å²) in [5, 5.41) is 1.00. The van der Waals surface area contributed by atoms with Crippen molar-refractivity contribution in [2.24, 2.45) is 9.98 Å². The van der Waals surface area contributed by atoms with Gasteiger partial charge in [0.2, 0.25) is 0 Å². The van der Waals surface area contributed by atoms with Crippen LogP contribution in [0, 0.1) is 0 Å². The largest absolute Gasteiger partial charge is 0.347 e. The molecule has 11 heavy (non-hydrogen) atoms. The van der Waals surface area contributed by atoms with Gasteiger partial charge in [-0.1, -0.05) is 6.58 Å². The van der Waals surface area contributed by atoms with Crippen molar-refractivity contribution in [2.75, 3.05) is 0 Å². The highest BCUT2D eigenvalue weighted by Gasteiger charge is 2.02. The topological polar surface area (TPSA) is 70.5 Å². The van der Waals surface area contributed by atoms with Gasteiger partial charge in [0.05, 0.1) is 5.35 Å². The predicted molar refractivity (Wildman–Crippen MR) is 39.3 cm³/mol. The number of nitrogens with zero attached hydrogens (tertiary/aromatic N) is 3. The first-order valence-electron chi connectivity index (χ1n) is 2.97. The molecule has 0 spiro atoms. The van der Waals surface area contributed by atoms with E-state index in [0.29, 0.717) is 16.5 Å². The minimum Gasteiger partial charge on any atom is -0.304 e. The van der Waals surface area contributed by atoms with Gasteiger partial charge >= 0.3 is 5.69 Å². The minimum absolute atomic E-state index is 0.346. The molecule has 0 unspecified atom stereocenters. The molecule has 0 bridgehead atoms. The maximum atomic E-state index is 10.7. The summed E-state index contributed by atoms with van der Waals surface area (Å²) >= 11 is 0. The molecular formula is C6H4N4O. The van der Waals surface area contributed by atoms with Crippen molar-refractivity contribution < 1.29 is 0 Å². The van der Waals surface area contributed by atoms with Gasteiger partial charge in [-0.25, -0.2) is 14.8 Å². The molecule has 1 aliphatic heterocycles. The maximum Gasteiger partial charge on any atom is 0.347 e. The molecule has 54 valence electrons. The van der Waals surface area contributed by atoms with Gasteiger partial charge in [0.1, 0.15) is 11.7 Å². The normalized spacial score (nSPS) is 12.7. The molecule has 0 saturated heterocycles. The number of H-pyrrole nitrogens is 1. The van der Waals surface area contributed by atoms with Crippen LogP contribution in [0.15, 0.2) is 14.8 Å². The lowest BCUT2D eigenvalue weighted by Gasteiger charge is -1.85. The van der Waals surface area contributed by atoms with Gasteiger partial charge in [-0.2, -0.15) is 4.98 Å². The molecule has 0 amide bonds. The van der Waals surface area contributed by atoms with Crippen molar-refractivity contribution in [1.82, 2.24) is 9.97 Å². The van der Waals surface area contributed by atoms with Gasteiger partial charge in [0.25, 0.3) is 0 Å². The Morgan fingerprint density at radius 2 is 2.36 bits per heavy atom. The van der Waals surface area contributed by atoms with Crippen molar-refractivity contribution in [3.8, 4) is 0 Å². The number of nitrogens with one attached hydrogen (secondary N) is 1. The van der Waals surface area contributed by atoms with Crippen LogP contribution in [0.25, 0.3) is 6.58 Å². The molecule has 1 aromatic rings. The third kappa shape index (κ3) is 0.778. The fourth-order valence-electron chi connectivity index (χ4n) is 0.867. The Balaban J connectivity index is 3.05. The highest BCUT2D eigenvalue weighted by atomic mass is 16.1. The van der Waals surface area contributed by atoms with Crippen LogP contribution in [0.3, 0.4) is 0 Å². The maximum absolute atomic E-state index is 10.7. The number of aromatic amines is 1. The van der Waals surface area contributed by atoms with Crippen LogP contribution >= 0.6 is 0 Å². The monoisotopic (exact) mass is 148 g/mol. The lowest BCUT2D eigenvalue weighted by Crippen LogP contribution is -2.34. The number of aromatic nitrogens is 2. The van der Waals surface area contributed by atoms with E-state index in [-0.39, 0.29) is 0 Å². The molecule has 0 atom stereocenters. The van der Waals surface area contributed by atoms with E-state index in [2.05, 4.69) is 26.5 Å². The summed E-state index contributed by atoms with van der Waals surface area (Å²) in [7, 11) is 0. The second-order valence-electron chi connectivity index (χ2n) is 2.07. The van der Waals surface area contributed by atoms with E-state index in [9.17, 15) is 4.79 Å². The Kier molecular flexibility index (Phi) is 1.00. The Hall–Kier alpha value is -1.78. The van der Waals surface area contributed by atoms with E-state index in [0.717, 1.165) is 0 Å². The molecule has 1 aromatic heterocycles. The zero-order chi connectivity index (χ0) is 7.84. The van der Waals surface area contributed by atoms with Crippen molar-refractivity contribution in [3.63, 3.8) is 0 Å². The standard InChI is InChI=1S/C6H4N4O/c1-3-4-5(8-2-7-4)10-6(11)9-3/h2H,1H2,(H,9,11). The van der Waals surface area contributed by atoms with Gasteiger partial charge in [-0.3, -0.25) is 0 Å². The number of hydrogen-bond acceptors (Lipinski definition) is 4. The van der Waals surface area contributed by atoms with Crippen LogP contribution in [0.5, 0.6) is 0 Å². The highest BCUT2D eigenvalue weighted by Crippen LogP contribution is 1.94. The summed E-state index contributed by atoms with van der Waals surface area (Å²) in [6, 6.07) is 0. The lowest BCUT2D eigenvalue weighted by molar-refractivity contribution is 1.01. The number of aliphatic imine (C=N–C) groups is 1. The molecule has 2 rings (SSSR count). The molecule has 0 fully saturated rings. The third-order valence-electron chi connectivity index (χ3n) is 1.33. The Labute approximate surface area is 60.9 Å². The van der Waals surface area contributed by atoms with Gasteiger partial charge in [0, 0.05) is 0 Å². The molecule has 0 aromatic carbocycles. The predicted octanol–water partition coefficient (Wildman–Crippen LogP) is -1.53. The van der Waals surface area contributed by atoms with Gasteiger partial charge in [-0.05, 0) is 0 Å². The fraction of sp³-hybridized carbons (Fsp3) is 0. The first-order chi connectivity index (χ1) is 5.27. The van der Waals surface area contributed by atoms with Crippen LogP contribution in [0.2, 0.25) is 0 Å². The Morgan fingerprint density at radius 1 is 1.55 bits per heavy atom. The summed E-state index contributed by atoms with van der Waals surface area (Å²) in [6.07, 6.45) is 1.35. The summed E-state index contributed by atoms with van der Waals surface area (Å²) < 4.78 is 0. The van der Waals surface area contributed by atoms with E-state index in [1.165, 1.54) is 6.34 Å². The van der Waals surface area contributed by atoms with Crippen molar-refractivity contribution in [1.29, 1.82) is 0 Å². The molecule has 1 aliphatic rings. The van der Waals surface area contributed by atoms with Crippen LogP contribution in [0.4, 0.5) is 5.82 Å². The van der Waals surface area contributed by atoms with Crippen LogP contribution in [-0.4, -0.2) is 16.3 Å². The van der Waals surface area contributed by atoms with Crippen LogP contribution in [-0.2, 0) is 0 Å². The SMILES string of the molecule is C=c1[nH]c(=O)nc2c1=NC=N2. The zero-order valence-corrected chi connectivity index (χ0v) is 5.53. The van der Waals surface area contributed by atoms with E-state index >= 15 is 0 Å². The Morgan fingerprint density at radius 3 is 3.18 bits per heavy atom. The number of fused-ring (bicyclic) bond motifs is 1. The van der Waals surface area contributed by atoms with Gasteiger partial charge < -0.3 is 4.98 Å².